The fourth-order valence-electron chi connectivity index (χ4n) is 5.59. The molecule has 44 heavy (non-hydrogen) atoms. The van der Waals surface area contributed by atoms with E-state index in [0.717, 1.165) is 37.8 Å². The van der Waals surface area contributed by atoms with E-state index in [9.17, 15) is 32.3 Å². The molecule has 3 aliphatic rings. The molecular formula is C30H41F3N4O7. The lowest BCUT2D eigenvalue weighted by atomic mass is 9.90. The first-order valence-electron chi connectivity index (χ1n) is 15.0. The molecule has 244 valence electrons. The number of ether oxygens (including phenoxy) is 3. The van der Waals surface area contributed by atoms with Crippen LogP contribution in [-0.2, 0) is 35.1 Å². The third-order valence-electron chi connectivity index (χ3n) is 8.25. The van der Waals surface area contributed by atoms with E-state index in [-0.39, 0.29) is 37.2 Å². The molecule has 0 radical (unpaired) electrons. The lowest BCUT2D eigenvalue weighted by Gasteiger charge is -2.27. The summed E-state index contributed by atoms with van der Waals surface area (Å²) in [5.74, 6) is -2.02. The molecule has 3 fully saturated rings. The van der Waals surface area contributed by atoms with Crippen molar-refractivity contribution in [3.63, 3.8) is 0 Å². The van der Waals surface area contributed by atoms with Crippen molar-refractivity contribution in [2.24, 2.45) is 5.92 Å². The second kappa shape index (κ2) is 14.7. The maximum atomic E-state index is 13.7. The predicted octanol–water partition coefficient (Wildman–Crippen LogP) is 1.87. The summed E-state index contributed by atoms with van der Waals surface area (Å²) in [5, 5.41) is 8.14. The number of nitrogens with zero attached hydrogens (tertiary/aromatic N) is 1. The van der Waals surface area contributed by atoms with E-state index in [4.69, 9.17) is 9.47 Å². The number of carbonyl (C=O) groups is 4. The van der Waals surface area contributed by atoms with Crippen LogP contribution in [0.3, 0.4) is 0 Å². The summed E-state index contributed by atoms with van der Waals surface area (Å²) < 4.78 is 52.4. The highest BCUT2D eigenvalue weighted by molar-refractivity contribution is 5.98. The zero-order valence-corrected chi connectivity index (χ0v) is 25.0. The molecule has 3 amide bonds. The van der Waals surface area contributed by atoms with Crippen LogP contribution in [0.15, 0.2) is 24.3 Å². The summed E-state index contributed by atoms with van der Waals surface area (Å²) >= 11 is 0. The number of rotatable bonds is 14. The molecule has 0 spiro atoms. The van der Waals surface area contributed by atoms with Crippen molar-refractivity contribution in [2.45, 2.75) is 82.5 Å². The maximum absolute atomic E-state index is 13.7. The van der Waals surface area contributed by atoms with Crippen molar-refractivity contribution in [3.05, 3.63) is 29.8 Å². The van der Waals surface area contributed by atoms with Crippen molar-refractivity contribution in [1.82, 2.24) is 20.9 Å². The highest BCUT2D eigenvalue weighted by Crippen LogP contribution is 2.33. The Balaban J connectivity index is 1.45. The van der Waals surface area contributed by atoms with E-state index in [1.807, 2.05) is 4.90 Å². The Morgan fingerprint density at radius 2 is 1.61 bits per heavy atom. The van der Waals surface area contributed by atoms with Crippen LogP contribution >= 0.6 is 0 Å². The summed E-state index contributed by atoms with van der Waals surface area (Å²) in [4.78, 5) is 54.6. The molecule has 1 aromatic carbocycles. The lowest BCUT2D eigenvalue weighted by Crippen LogP contribution is -2.57. The molecule has 3 N–H and O–H groups in total. The van der Waals surface area contributed by atoms with Gasteiger partial charge in [-0.2, -0.15) is 0 Å². The van der Waals surface area contributed by atoms with Crippen molar-refractivity contribution >= 4 is 23.5 Å². The molecule has 2 heterocycles. The Kier molecular flexibility index (Phi) is 11.2. The zero-order valence-electron chi connectivity index (χ0n) is 25.0. The minimum atomic E-state index is -4.86. The molecule has 4 atom stereocenters. The fourth-order valence-corrected chi connectivity index (χ4v) is 5.59. The standard InChI is InChI=1S/C30H41F3N4O7/c1-19(34-25(38)17-37-11-13-42-14-12-37)27(40)36-24(16-21-7-9-22(10-8-21)44-30(31,32)33)28(41)35-23(15-20-5-3-4-6-20)26(39)29(2)18-43-29/h7-10,19-20,23-24H,3-6,11-18H2,1-2H3,(H,34,38)(H,35,41)(H,36,40). The number of halogens is 3. The number of Topliss-reactive ketones (excluding diaryl/α,β-unsaturated/α-hetero) is 1. The van der Waals surface area contributed by atoms with Crippen LogP contribution in [0.5, 0.6) is 5.75 Å². The lowest BCUT2D eigenvalue weighted by molar-refractivity contribution is -0.274. The summed E-state index contributed by atoms with van der Waals surface area (Å²) in [6.45, 7) is 5.72. The van der Waals surface area contributed by atoms with Gasteiger partial charge >= 0.3 is 6.36 Å². The third kappa shape index (κ3) is 10.2. The average molecular weight is 627 g/mol. The first-order valence-corrected chi connectivity index (χ1v) is 15.0. The quantitative estimate of drug-likeness (QED) is 0.266. The molecule has 4 rings (SSSR count). The van der Waals surface area contributed by atoms with Gasteiger partial charge in [0.1, 0.15) is 23.4 Å². The van der Waals surface area contributed by atoms with Crippen LogP contribution in [0.25, 0.3) is 0 Å². The summed E-state index contributed by atoms with van der Waals surface area (Å²) in [6.07, 6.45) is -0.498. The van der Waals surface area contributed by atoms with Gasteiger partial charge in [0, 0.05) is 19.5 Å². The van der Waals surface area contributed by atoms with Crippen LogP contribution < -0.4 is 20.7 Å². The van der Waals surface area contributed by atoms with Gasteiger partial charge in [-0.25, -0.2) is 0 Å². The van der Waals surface area contributed by atoms with Gasteiger partial charge < -0.3 is 30.2 Å². The Bertz CT molecular complexity index is 1160. The van der Waals surface area contributed by atoms with E-state index in [1.165, 1.54) is 19.1 Å². The van der Waals surface area contributed by atoms with Crippen molar-refractivity contribution in [3.8, 4) is 5.75 Å². The van der Waals surface area contributed by atoms with Gasteiger partial charge in [-0.05, 0) is 43.9 Å². The predicted molar refractivity (Wildman–Crippen MR) is 151 cm³/mol. The SMILES string of the molecule is CC(NC(=O)CN1CCOCC1)C(=O)NC(Cc1ccc(OC(F)(F)F)cc1)C(=O)NC(CC1CCCC1)C(=O)C1(C)CO1. The fraction of sp³-hybridized carbons (Fsp3) is 0.667. The Morgan fingerprint density at radius 1 is 1.00 bits per heavy atom. The minimum Gasteiger partial charge on any atom is -0.406 e. The number of hydrogen-bond donors (Lipinski definition) is 3. The maximum Gasteiger partial charge on any atom is 0.573 e. The van der Waals surface area contributed by atoms with Gasteiger partial charge in [-0.3, -0.25) is 24.1 Å². The Labute approximate surface area is 254 Å². The monoisotopic (exact) mass is 626 g/mol. The Morgan fingerprint density at radius 3 is 2.20 bits per heavy atom. The van der Waals surface area contributed by atoms with Crippen LogP contribution in [0.2, 0.25) is 0 Å². The molecule has 0 bridgehead atoms. The smallest absolute Gasteiger partial charge is 0.406 e. The van der Waals surface area contributed by atoms with Gasteiger partial charge in [0.15, 0.2) is 5.78 Å². The van der Waals surface area contributed by atoms with E-state index in [0.29, 0.717) is 38.3 Å². The number of carbonyl (C=O) groups excluding carboxylic acids is 4. The largest absolute Gasteiger partial charge is 0.573 e. The van der Waals surface area contributed by atoms with Gasteiger partial charge in [0.25, 0.3) is 0 Å². The summed E-state index contributed by atoms with van der Waals surface area (Å²) in [7, 11) is 0. The molecule has 4 unspecified atom stereocenters. The van der Waals surface area contributed by atoms with Crippen LogP contribution in [0, 0.1) is 5.92 Å². The van der Waals surface area contributed by atoms with Crippen molar-refractivity contribution < 1.29 is 46.6 Å². The molecule has 0 aromatic heterocycles. The van der Waals surface area contributed by atoms with Crippen LogP contribution in [0.1, 0.15) is 51.5 Å². The highest BCUT2D eigenvalue weighted by Gasteiger charge is 2.50. The topological polar surface area (TPSA) is 139 Å². The van der Waals surface area contributed by atoms with Gasteiger partial charge in [-0.15, -0.1) is 13.2 Å². The number of nitrogens with one attached hydrogen (secondary N) is 3. The molecule has 1 aromatic rings. The van der Waals surface area contributed by atoms with E-state index in [1.54, 1.807) is 6.92 Å². The Hall–Kier alpha value is -3.23. The first-order chi connectivity index (χ1) is 20.8. The second-order valence-electron chi connectivity index (χ2n) is 12.0. The number of benzene rings is 1. The first kappa shape index (κ1) is 33.7. The number of ketones is 1. The molecular weight excluding hydrogens is 585 g/mol. The van der Waals surface area contributed by atoms with Crippen molar-refractivity contribution in [2.75, 3.05) is 39.5 Å². The van der Waals surface area contributed by atoms with Gasteiger partial charge in [0.2, 0.25) is 17.7 Å². The molecule has 2 saturated heterocycles. The highest BCUT2D eigenvalue weighted by atomic mass is 19.4. The molecule has 1 saturated carbocycles. The van der Waals surface area contributed by atoms with Gasteiger partial charge in [-0.1, -0.05) is 37.8 Å². The number of epoxide rings is 1. The molecule has 14 heteroatoms. The minimum absolute atomic E-state index is 0.0863. The van der Waals surface area contributed by atoms with Crippen LogP contribution in [-0.4, -0.2) is 97.9 Å². The third-order valence-corrected chi connectivity index (χ3v) is 8.25. The second-order valence-corrected chi connectivity index (χ2v) is 12.0. The molecule has 11 nitrogen and oxygen atoms in total. The zero-order chi connectivity index (χ0) is 31.9. The molecule has 2 aliphatic heterocycles. The normalized spacial score (nSPS) is 22.8. The van der Waals surface area contributed by atoms with E-state index < -0.39 is 47.7 Å². The van der Waals surface area contributed by atoms with Gasteiger partial charge in [0.05, 0.1) is 32.4 Å². The number of hydrogen-bond acceptors (Lipinski definition) is 8. The van der Waals surface area contributed by atoms with E-state index in [2.05, 4.69) is 20.7 Å². The average Bonchev–Trinajstić information content (AvgIpc) is 3.50. The van der Waals surface area contributed by atoms with E-state index >= 15 is 0 Å². The van der Waals surface area contributed by atoms with Crippen LogP contribution in [0.4, 0.5) is 13.2 Å². The summed E-state index contributed by atoms with van der Waals surface area (Å²) in [5.41, 5.74) is -0.525. The molecule has 1 aliphatic carbocycles. The van der Waals surface area contributed by atoms with Crippen molar-refractivity contribution in [1.29, 1.82) is 0 Å². The number of amides is 3. The summed E-state index contributed by atoms with van der Waals surface area (Å²) in [6, 6.07) is 1.95. The number of morpholine rings is 1. The number of alkyl halides is 3.